The van der Waals surface area contributed by atoms with Gasteiger partial charge in [0, 0.05) is 38.8 Å². The van der Waals surface area contributed by atoms with Gasteiger partial charge in [-0.2, -0.15) is 0 Å². The van der Waals surface area contributed by atoms with Crippen molar-refractivity contribution in [3.8, 4) is 5.75 Å². The fourth-order valence-electron chi connectivity index (χ4n) is 4.46. The van der Waals surface area contributed by atoms with E-state index in [1.54, 1.807) is 4.57 Å². The van der Waals surface area contributed by atoms with Gasteiger partial charge in [0.1, 0.15) is 5.82 Å². The van der Waals surface area contributed by atoms with Crippen molar-refractivity contribution >= 4 is 10.9 Å². The Labute approximate surface area is 172 Å². The number of likely N-dealkylation sites (N-methyl/N-ethyl adjacent to an activating group) is 1. The lowest BCUT2D eigenvalue weighted by Crippen LogP contribution is -2.38. The fourth-order valence-corrected chi connectivity index (χ4v) is 4.46. The lowest BCUT2D eigenvalue weighted by Gasteiger charge is -2.32. The first-order valence-corrected chi connectivity index (χ1v) is 10.6. The van der Waals surface area contributed by atoms with Gasteiger partial charge in [0.05, 0.1) is 24.1 Å². The third-order valence-corrected chi connectivity index (χ3v) is 5.81. The second-order valence-corrected chi connectivity index (χ2v) is 8.19. The molecule has 0 amide bonds. The molecular weight excluding hydrogens is 371 g/mol. The van der Waals surface area contributed by atoms with Crippen molar-refractivity contribution < 1.29 is 9.13 Å². The minimum atomic E-state index is -0.496. The van der Waals surface area contributed by atoms with Crippen LogP contribution in [0.15, 0.2) is 16.9 Å². The Kier molecular flexibility index (Phi) is 6.90. The molecule has 3 rings (SSSR count). The van der Waals surface area contributed by atoms with E-state index in [-0.39, 0.29) is 17.4 Å². The molecular formula is C22H33FN4O2. The Hall–Kier alpha value is -1.99. The molecule has 1 saturated heterocycles. The van der Waals surface area contributed by atoms with E-state index in [9.17, 15) is 9.18 Å². The zero-order valence-corrected chi connectivity index (χ0v) is 18.2. The van der Waals surface area contributed by atoms with Crippen LogP contribution in [0.5, 0.6) is 5.75 Å². The van der Waals surface area contributed by atoms with Crippen LogP contribution in [0, 0.1) is 11.7 Å². The van der Waals surface area contributed by atoms with Crippen molar-refractivity contribution in [1.29, 1.82) is 0 Å². The largest absolute Gasteiger partial charge is 0.494 e. The van der Waals surface area contributed by atoms with Crippen molar-refractivity contribution in [2.24, 2.45) is 5.92 Å². The van der Waals surface area contributed by atoms with Crippen LogP contribution >= 0.6 is 0 Å². The fraction of sp³-hybridized carbons (Fsp3) is 0.636. The zero-order valence-electron chi connectivity index (χ0n) is 18.2. The lowest BCUT2D eigenvalue weighted by atomic mass is 10.1. The van der Waals surface area contributed by atoms with Gasteiger partial charge in [0.15, 0.2) is 11.6 Å². The molecule has 1 aromatic carbocycles. The van der Waals surface area contributed by atoms with Gasteiger partial charge in [-0.25, -0.2) is 9.37 Å². The molecule has 0 spiro atoms. The molecule has 160 valence electrons. The minimum Gasteiger partial charge on any atom is -0.494 e. The number of aromatic nitrogens is 2. The van der Waals surface area contributed by atoms with Crippen molar-refractivity contribution in [2.45, 2.75) is 46.2 Å². The van der Waals surface area contributed by atoms with Crippen LogP contribution < -0.4 is 10.3 Å². The molecule has 0 bridgehead atoms. The molecule has 1 aliphatic heterocycles. The molecule has 29 heavy (non-hydrogen) atoms. The SMILES string of the molecule is CCC[C@H](c1nc2cc(F)c(OC)cc2c(=O)n1CC)N1CCN(C)C[C@H](C)C1. The van der Waals surface area contributed by atoms with Crippen LogP contribution in [0.2, 0.25) is 0 Å². The average Bonchev–Trinajstić information content (AvgIpc) is 2.85. The van der Waals surface area contributed by atoms with Gasteiger partial charge in [-0.15, -0.1) is 0 Å². The van der Waals surface area contributed by atoms with Gasteiger partial charge >= 0.3 is 0 Å². The van der Waals surface area contributed by atoms with Crippen molar-refractivity contribution in [1.82, 2.24) is 19.4 Å². The number of nitrogens with zero attached hydrogens (tertiary/aromatic N) is 4. The monoisotopic (exact) mass is 404 g/mol. The van der Waals surface area contributed by atoms with E-state index in [1.165, 1.54) is 19.2 Å². The van der Waals surface area contributed by atoms with Gasteiger partial charge in [0.25, 0.3) is 5.56 Å². The summed E-state index contributed by atoms with van der Waals surface area (Å²) in [5.74, 6) is 0.851. The third kappa shape index (κ3) is 4.46. The summed E-state index contributed by atoms with van der Waals surface area (Å²) in [6.07, 6.45) is 1.90. The molecule has 1 aromatic heterocycles. The summed E-state index contributed by atoms with van der Waals surface area (Å²) >= 11 is 0. The average molecular weight is 405 g/mol. The van der Waals surface area contributed by atoms with E-state index < -0.39 is 5.82 Å². The minimum absolute atomic E-state index is 0.0381. The van der Waals surface area contributed by atoms with E-state index >= 15 is 0 Å². The van der Waals surface area contributed by atoms with Gasteiger partial charge in [-0.05, 0) is 32.4 Å². The molecule has 1 aliphatic rings. The topological polar surface area (TPSA) is 50.6 Å². The number of halogens is 1. The molecule has 7 heteroatoms. The first kappa shape index (κ1) is 21.7. The molecule has 0 saturated carbocycles. The Bertz CT molecular complexity index is 914. The predicted molar refractivity (Wildman–Crippen MR) is 114 cm³/mol. The van der Waals surface area contributed by atoms with Gasteiger partial charge in [0.2, 0.25) is 0 Å². The molecule has 2 aromatic rings. The number of methoxy groups -OCH3 is 1. The molecule has 0 radical (unpaired) electrons. The standard InChI is InChI=1S/C22H33FN4O2/c1-6-8-19(26-10-9-25(4)13-15(3)14-26)21-24-18-12-17(23)20(29-5)11-16(18)22(28)27(21)7-2/h11-12,15,19H,6-10,13-14H2,1-5H3/t15-,19+/m0/s1. The molecule has 2 atom stereocenters. The van der Waals surface area contributed by atoms with Gasteiger partial charge in [-0.1, -0.05) is 20.3 Å². The predicted octanol–water partition coefficient (Wildman–Crippen LogP) is 3.29. The summed E-state index contributed by atoms with van der Waals surface area (Å²) in [4.78, 5) is 22.9. The lowest BCUT2D eigenvalue weighted by molar-refractivity contribution is 0.167. The number of hydrogen-bond donors (Lipinski definition) is 0. The second-order valence-electron chi connectivity index (χ2n) is 8.19. The van der Waals surface area contributed by atoms with Crippen molar-refractivity contribution in [3.63, 3.8) is 0 Å². The van der Waals surface area contributed by atoms with Crippen LogP contribution in [0.4, 0.5) is 4.39 Å². The summed E-state index contributed by atoms with van der Waals surface area (Å²) in [6, 6.07) is 2.82. The zero-order chi connectivity index (χ0) is 21.1. The highest BCUT2D eigenvalue weighted by atomic mass is 19.1. The van der Waals surface area contributed by atoms with Gasteiger partial charge in [-0.3, -0.25) is 14.3 Å². The second kappa shape index (κ2) is 9.22. The Morgan fingerprint density at radius 2 is 2.03 bits per heavy atom. The molecule has 0 aliphatic carbocycles. The Morgan fingerprint density at radius 3 is 2.69 bits per heavy atom. The summed E-state index contributed by atoms with van der Waals surface area (Å²) in [5, 5.41) is 0.396. The van der Waals surface area contributed by atoms with Crippen molar-refractivity contribution in [2.75, 3.05) is 40.3 Å². The van der Waals surface area contributed by atoms with Crippen LogP contribution in [0.25, 0.3) is 10.9 Å². The first-order chi connectivity index (χ1) is 13.9. The number of rotatable bonds is 6. The van der Waals surface area contributed by atoms with E-state index in [0.29, 0.717) is 23.4 Å². The maximum absolute atomic E-state index is 14.3. The van der Waals surface area contributed by atoms with Crippen LogP contribution in [-0.4, -0.2) is 59.7 Å². The Morgan fingerprint density at radius 1 is 1.28 bits per heavy atom. The number of hydrogen-bond acceptors (Lipinski definition) is 5. The third-order valence-electron chi connectivity index (χ3n) is 5.81. The highest BCUT2D eigenvalue weighted by Crippen LogP contribution is 2.29. The quantitative estimate of drug-likeness (QED) is 0.740. The summed E-state index contributed by atoms with van der Waals surface area (Å²) in [6.45, 7) is 10.8. The van der Waals surface area contributed by atoms with Gasteiger partial charge < -0.3 is 9.64 Å². The summed E-state index contributed by atoms with van der Waals surface area (Å²) < 4.78 is 21.1. The summed E-state index contributed by atoms with van der Waals surface area (Å²) in [7, 11) is 3.56. The molecule has 0 N–H and O–H groups in total. The van der Waals surface area contributed by atoms with Crippen LogP contribution in [-0.2, 0) is 6.54 Å². The van der Waals surface area contributed by atoms with Crippen molar-refractivity contribution in [3.05, 3.63) is 34.1 Å². The highest BCUT2D eigenvalue weighted by molar-refractivity contribution is 5.79. The number of benzene rings is 1. The number of ether oxygens (including phenoxy) is 1. The maximum Gasteiger partial charge on any atom is 0.261 e. The molecule has 1 fully saturated rings. The smallest absolute Gasteiger partial charge is 0.261 e. The van der Waals surface area contributed by atoms with Crippen LogP contribution in [0.1, 0.15) is 45.5 Å². The molecule has 6 nitrogen and oxygen atoms in total. The normalized spacial score (nSPS) is 20.0. The van der Waals surface area contributed by atoms with E-state index in [1.807, 2.05) is 6.92 Å². The Balaban J connectivity index is 2.14. The highest BCUT2D eigenvalue weighted by Gasteiger charge is 2.29. The van der Waals surface area contributed by atoms with E-state index in [0.717, 1.165) is 44.8 Å². The molecule has 0 unspecified atom stereocenters. The first-order valence-electron chi connectivity index (χ1n) is 10.6. The van der Waals surface area contributed by atoms with E-state index in [4.69, 9.17) is 9.72 Å². The summed E-state index contributed by atoms with van der Waals surface area (Å²) in [5.41, 5.74) is 0.265. The van der Waals surface area contributed by atoms with Crippen LogP contribution in [0.3, 0.4) is 0 Å². The van der Waals surface area contributed by atoms with E-state index in [2.05, 4.69) is 30.7 Å². The maximum atomic E-state index is 14.3. The molecule has 2 heterocycles. The number of fused-ring (bicyclic) bond motifs is 1.